The van der Waals surface area contributed by atoms with Crippen LogP contribution in [0.5, 0.6) is 0 Å². The minimum absolute atomic E-state index is 0.0830. The number of nitrogens with zero attached hydrogens (tertiary/aromatic N) is 3. The van der Waals surface area contributed by atoms with E-state index in [0.29, 0.717) is 29.2 Å². The second-order valence-corrected chi connectivity index (χ2v) is 4.01. The van der Waals surface area contributed by atoms with Crippen LogP contribution in [-0.2, 0) is 9.53 Å². The summed E-state index contributed by atoms with van der Waals surface area (Å²) in [6, 6.07) is 0. The Balaban J connectivity index is 2.13. The van der Waals surface area contributed by atoms with Gasteiger partial charge in [0.25, 0.3) is 5.71 Å². The Morgan fingerprint density at radius 2 is 2.37 bits per heavy atom. The lowest BCUT2D eigenvalue weighted by atomic mass is 10.2. The summed E-state index contributed by atoms with van der Waals surface area (Å²) < 4.78 is 10.1. The molecule has 19 heavy (non-hydrogen) atoms. The van der Waals surface area contributed by atoms with Gasteiger partial charge in [0.2, 0.25) is 0 Å². The van der Waals surface area contributed by atoms with E-state index in [4.69, 9.17) is 14.4 Å². The fourth-order valence-electron chi connectivity index (χ4n) is 1.70. The molecular weight excluding hydrogens is 252 g/mol. The second-order valence-electron chi connectivity index (χ2n) is 4.01. The average Bonchev–Trinajstić information content (AvgIpc) is 2.76. The molecular formula is C11H14N4O4. The van der Waals surface area contributed by atoms with Crippen molar-refractivity contribution in [2.75, 3.05) is 19.0 Å². The normalized spacial score (nSPS) is 12.5. The number of carboxylic acid groups (broad SMARTS) is 1. The molecule has 1 atom stereocenters. The van der Waals surface area contributed by atoms with E-state index in [2.05, 4.69) is 20.4 Å². The molecule has 1 unspecified atom stereocenters. The highest BCUT2D eigenvalue weighted by atomic mass is 16.5. The van der Waals surface area contributed by atoms with E-state index < -0.39 is 12.1 Å². The van der Waals surface area contributed by atoms with Crippen LogP contribution in [0.1, 0.15) is 12.1 Å². The number of hydrogen-bond donors (Lipinski definition) is 2. The maximum absolute atomic E-state index is 10.6. The Hall–Kier alpha value is -2.22. The molecule has 0 radical (unpaired) electrons. The van der Waals surface area contributed by atoms with Gasteiger partial charge in [-0.1, -0.05) is 5.16 Å². The third-order valence-electron chi connectivity index (χ3n) is 2.68. The van der Waals surface area contributed by atoms with Crippen LogP contribution in [0.25, 0.3) is 11.1 Å². The molecule has 0 spiro atoms. The number of aryl methyl sites for hydroxylation is 1. The van der Waals surface area contributed by atoms with E-state index >= 15 is 0 Å². The molecule has 8 nitrogen and oxygen atoms in total. The zero-order chi connectivity index (χ0) is 13.8. The Morgan fingerprint density at radius 3 is 3.05 bits per heavy atom. The highest BCUT2D eigenvalue weighted by Gasteiger charge is 2.15. The second kappa shape index (κ2) is 5.61. The van der Waals surface area contributed by atoms with Crippen LogP contribution in [0.3, 0.4) is 0 Å². The largest absolute Gasteiger partial charge is 0.481 e. The summed E-state index contributed by atoms with van der Waals surface area (Å²) in [7, 11) is 1.47. The summed E-state index contributed by atoms with van der Waals surface area (Å²) in [5.41, 5.74) is 1.06. The van der Waals surface area contributed by atoms with Crippen molar-refractivity contribution < 1.29 is 19.2 Å². The first-order valence-electron chi connectivity index (χ1n) is 5.67. The Morgan fingerprint density at radius 1 is 1.58 bits per heavy atom. The molecule has 0 aromatic carbocycles. The Bertz CT molecular complexity index is 583. The highest BCUT2D eigenvalue weighted by molar-refractivity contribution is 5.87. The zero-order valence-electron chi connectivity index (χ0n) is 10.6. The lowest BCUT2D eigenvalue weighted by molar-refractivity contribution is -0.139. The van der Waals surface area contributed by atoms with Crippen LogP contribution in [0.4, 0.5) is 5.82 Å². The molecule has 0 saturated heterocycles. The predicted octanol–water partition coefficient (Wildman–Crippen LogP) is 0.828. The molecule has 0 aliphatic heterocycles. The number of carbonyl (C=O) groups is 1. The fourth-order valence-corrected chi connectivity index (χ4v) is 1.70. The van der Waals surface area contributed by atoms with Gasteiger partial charge in [-0.05, 0) is 6.92 Å². The van der Waals surface area contributed by atoms with Crippen molar-refractivity contribution in [3.8, 4) is 0 Å². The maximum atomic E-state index is 10.6. The van der Waals surface area contributed by atoms with E-state index in [1.807, 2.05) is 0 Å². The number of ether oxygens (including phenoxy) is 1. The first kappa shape index (κ1) is 13.2. The van der Waals surface area contributed by atoms with Crippen LogP contribution < -0.4 is 5.32 Å². The van der Waals surface area contributed by atoms with Crippen molar-refractivity contribution in [2.24, 2.45) is 0 Å². The van der Waals surface area contributed by atoms with Gasteiger partial charge in [0, 0.05) is 13.7 Å². The Labute approximate surface area is 108 Å². The van der Waals surface area contributed by atoms with Gasteiger partial charge >= 0.3 is 5.97 Å². The van der Waals surface area contributed by atoms with Crippen LogP contribution in [0.2, 0.25) is 0 Å². The maximum Gasteiger partial charge on any atom is 0.306 e. The minimum atomic E-state index is -0.914. The van der Waals surface area contributed by atoms with Crippen LogP contribution >= 0.6 is 0 Å². The molecule has 0 aliphatic carbocycles. The van der Waals surface area contributed by atoms with Crippen LogP contribution in [0.15, 0.2) is 10.9 Å². The van der Waals surface area contributed by atoms with Gasteiger partial charge in [0.1, 0.15) is 17.5 Å². The van der Waals surface area contributed by atoms with Gasteiger partial charge in [-0.3, -0.25) is 4.79 Å². The standard InChI is InChI=1S/C11H14N4O4/c1-6-9-10(13-5-14-11(9)19-15-6)12-4-7(18-2)3-8(16)17/h5,7H,3-4H2,1-2H3,(H,16,17)(H,12,13,14). The zero-order valence-corrected chi connectivity index (χ0v) is 10.6. The first-order chi connectivity index (χ1) is 9.11. The molecule has 8 heteroatoms. The Kier molecular flexibility index (Phi) is 3.91. The van der Waals surface area contributed by atoms with Gasteiger partial charge in [-0.25, -0.2) is 4.98 Å². The summed E-state index contributed by atoms with van der Waals surface area (Å²) >= 11 is 0. The van der Waals surface area contributed by atoms with E-state index in [9.17, 15) is 4.79 Å². The lowest BCUT2D eigenvalue weighted by Crippen LogP contribution is -2.25. The van der Waals surface area contributed by atoms with E-state index in [0.717, 1.165) is 0 Å². The van der Waals surface area contributed by atoms with Gasteiger partial charge in [0.15, 0.2) is 0 Å². The number of aliphatic carboxylic acids is 1. The molecule has 0 fully saturated rings. The summed E-state index contributed by atoms with van der Waals surface area (Å²) in [5, 5.41) is 16.3. The quantitative estimate of drug-likeness (QED) is 0.790. The van der Waals surface area contributed by atoms with Gasteiger partial charge in [-0.2, -0.15) is 4.98 Å². The number of fused-ring (bicyclic) bond motifs is 1. The van der Waals surface area contributed by atoms with Gasteiger partial charge in [0.05, 0.1) is 18.2 Å². The summed E-state index contributed by atoms with van der Waals surface area (Å²) in [6.45, 7) is 2.10. The number of anilines is 1. The molecule has 0 amide bonds. The average molecular weight is 266 g/mol. The smallest absolute Gasteiger partial charge is 0.306 e. The van der Waals surface area contributed by atoms with Crippen molar-refractivity contribution >= 4 is 22.9 Å². The van der Waals surface area contributed by atoms with Crippen molar-refractivity contribution in [1.82, 2.24) is 15.1 Å². The van der Waals surface area contributed by atoms with E-state index in [1.165, 1.54) is 13.4 Å². The van der Waals surface area contributed by atoms with E-state index in [1.54, 1.807) is 6.92 Å². The summed E-state index contributed by atoms with van der Waals surface area (Å²) in [6.07, 6.45) is 0.830. The van der Waals surface area contributed by atoms with Crippen molar-refractivity contribution in [3.63, 3.8) is 0 Å². The number of carboxylic acids is 1. The number of nitrogens with one attached hydrogen (secondary N) is 1. The lowest BCUT2D eigenvalue weighted by Gasteiger charge is -2.14. The van der Waals surface area contributed by atoms with Crippen LogP contribution in [0, 0.1) is 6.92 Å². The van der Waals surface area contributed by atoms with Crippen molar-refractivity contribution in [1.29, 1.82) is 0 Å². The van der Waals surface area contributed by atoms with Crippen molar-refractivity contribution in [3.05, 3.63) is 12.0 Å². The SMILES string of the molecule is COC(CNc1ncnc2onc(C)c12)CC(=O)O. The van der Waals surface area contributed by atoms with Crippen LogP contribution in [-0.4, -0.2) is 46.0 Å². The summed E-state index contributed by atoms with van der Waals surface area (Å²) in [5.74, 6) is -0.362. The van der Waals surface area contributed by atoms with Crippen molar-refractivity contribution in [2.45, 2.75) is 19.4 Å². The number of methoxy groups -OCH3 is 1. The molecule has 2 aromatic rings. The third kappa shape index (κ3) is 2.97. The first-order valence-corrected chi connectivity index (χ1v) is 5.67. The fraction of sp³-hybridized carbons (Fsp3) is 0.455. The molecule has 0 aliphatic rings. The monoisotopic (exact) mass is 266 g/mol. The van der Waals surface area contributed by atoms with Gasteiger partial charge < -0.3 is 19.7 Å². The molecule has 0 saturated carbocycles. The van der Waals surface area contributed by atoms with E-state index in [-0.39, 0.29) is 6.42 Å². The number of hydrogen-bond acceptors (Lipinski definition) is 7. The molecule has 0 bridgehead atoms. The molecule has 2 heterocycles. The number of aromatic nitrogens is 3. The molecule has 2 N–H and O–H groups in total. The molecule has 2 aromatic heterocycles. The minimum Gasteiger partial charge on any atom is -0.481 e. The molecule has 102 valence electrons. The molecule has 2 rings (SSSR count). The highest BCUT2D eigenvalue weighted by Crippen LogP contribution is 2.22. The summed E-state index contributed by atoms with van der Waals surface area (Å²) in [4.78, 5) is 18.7. The third-order valence-corrected chi connectivity index (χ3v) is 2.68. The topological polar surface area (TPSA) is 110 Å². The van der Waals surface area contributed by atoms with Gasteiger partial charge in [-0.15, -0.1) is 0 Å². The number of rotatable bonds is 6. The predicted molar refractivity (Wildman–Crippen MR) is 65.9 cm³/mol.